The van der Waals surface area contributed by atoms with Crippen molar-refractivity contribution >= 4 is 22.4 Å². The highest BCUT2D eigenvalue weighted by molar-refractivity contribution is 7.13. The Hall–Kier alpha value is -1.21. The van der Waals surface area contributed by atoms with Crippen LogP contribution in [0.5, 0.6) is 0 Å². The lowest BCUT2D eigenvalue weighted by atomic mass is 10.3. The number of amides is 1. The van der Waals surface area contributed by atoms with Crippen LogP contribution in [0.3, 0.4) is 0 Å². The van der Waals surface area contributed by atoms with Crippen LogP contribution in [-0.2, 0) is 4.79 Å². The van der Waals surface area contributed by atoms with Gasteiger partial charge in [-0.15, -0.1) is 10.2 Å². The molecular weight excluding hydrogens is 190 g/mol. The fourth-order valence-corrected chi connectivity index (χ4v) is 1.66. The fraction of sp³-hybridized carbons (Fsp3) is 0.500. The van der Waals surface area contributed by atoms with Gasteiger partial charge < -0.3 is 5.32 Å². The number of hydrogen-bond donors (Lipinski definition) is 2. The van der Waals surface area contributed by atoms with Crippen molar-refractivity contribution in [3.8, 4) is 0 Å². The lowest BCUT2D eigenvalue weighted by Gasteiger charge is -2.06. The second-order valence-corrected chi connectivity index (χ2v) is 3.63. The van der Waals surface area contributed by atoms with Gasteiger partial charge in [0.05, 0.1) is 0 Å². The van der Waals surface area contributed by atoms with Crippen molar-refractivity contribution in [2.75, 3.05) is 18.9 Å². The number of carbonyl (C=O) groups excluding carboxylic acids is 1. The van der Waals surface area contributed by atoms with Gasteiger partial charge in [-0.2, -0.15) is 0 Å². The molecule has 1 atom stereocenters. The molecule has 1 aromatic rings. The van der Waals surface area contributed by atoms with Crippen molar-refractivity contribution < 1.29 is 4.79 Å². The highest BCUT2D eigenvalue weighted by atomic mass is 32.1. The standard InChI is InChI=1S/C6H9N5OS/c1-11-2-4(5(12)10-11)8-6-9-7-3-13-6/h3-4H,2H2,1H3,(H,8,9)(H,10,12). The average Bonchev–Trinajstić information content (AvgIpc) is 2.63. The molecule has 2 N–H and O–H groups in total. The highest BCUT2D eigenvalue weighted by Gasteiger charge is 2.28. The molecule has 2 rings (SSSR count). The summed E-state index contributed by atoms with van der Waals surface area (Å²) >= 11 is 1.38. The summed E-state index contributed by atoms with van der Waals surface area (Å²) in [4.78, 5) is 11.3. The summed E-state index contributed by atoms with van der Waals surface area (Å²) < 4.78 is 0. The molecular formula is C6H9N5OS. The Morgan fingerprint density at radius 3 is 3.23 bits per heavy atom. The van der Waals surface area contributed by atoms with Crippen LogP contribution in [0.4, 0.5) is 5.13 Å². The fourth-order valence-electron chi connectivity index (χ4n) is 1.16. The molecule has 1 fully saturated rings. The minimum absolute atomic E-state index is 0.0299. The van der Waals surface area contributed by atoms with E-state index in [0.717, 1.165) is 0 Å². The molecule has 1 aromatic heterocycles. The van der Waals surface area contributed by atoms with Gasteiger partial charge >= 0.3 is 0 Å². The number of nitrogens with zero attached hydrogens (tertiary/aromatic N) is 3. The number of likely N-dealkylation sites (N-methyl/N-ethyl adjacent to an activating group) is 1. The number of rotatable bonds is 2. The lowest BCUT2D eigenvalue weighted by molar-refractivity contribution is -0.121. The second kappa shape index (κ2) is 3.27. The lowest BCUT2D eigenvalue weighted by Crippen LogP contribution is -2.31. The monoisotopic (exact) mass is 199 g/mol. The van der Waals surface area contributed by atoms with E-state index in [4.69, 9.17) is 0 Å². The number of hydrogen-bond acceptors (Lipinski definition) is 6. The van der Waals surface area contributed by atoms with Crippen molar-refractivity contribution in [1.29, 1.82) is 0 Å². The zero-order valence-corrected chi connectivity index (χ0v) is 7.84. The van der Waals surface area contributed by atoms with Gasteiger partial charge in [0, 0.05) is 13.6 Å². The van der Waals surface area contributed by atoms with Gasteiger partial charge in [-0.3, -0.25) is 10.2 Å². The summed E-state index contributed by atoms with van der Waals surface area (Å²) in [5.74, 6) is -0.0299. The Morgan fingerprint density at radius 1 is 1.85 bits per heavy atom. The first-order valence-corrected chi connectivity index (χ1v) is 4.68. The Labute approximate surface area is 78.9 Å². The van der Waals surface area contributed by atoms with Crippen LogP contribution >= 0.6 is 11.3 Å². The van der Waals surface area contributed by atoms with E-state index in [0.29, 0.717) is 11.7 Å². The van der Waals surface area contributed by atoms with Crippen LogP contribution in [0.25, 0.3) is 0 Å². The smallest absolute Gasteiger partial charge is 0.258 e. The van der Waals surface area contributed by atoms with Crippen molar-refractivity contribution in [2.45, 2.75) is 6.04 Å². The van der Waals surface area contributed by atoms with Gasteiger partial charge in [-0.1, -0.05) is 11.3 Å². The molecule has 2 heterocycles. The Bertz CT molecular complexity index is 300. The van der Waals surface area contributed by atoms with Crippen LogP contribution in [0.1, 0.15) is 0 Å². The third-order valence-corrected chi connectivity index (χ3v) is 2.35. The maximum absolute atomic E-state index is 11.3. The zero-order valence-electron chi connectivity index (χ0n) is 7.02. The minimum Gasteiger partial charge on any atom is -0.347 e. The highest BCUT2D eigenvalue weighted by Crippen LogP contribution is 2.11. The molecule has 0 radical (unpaired) electrons. The molecule has 70 valence electrons. The van der Waals surface area contributed by atoms with Crippen LogP contribution in [-0.4, -0.2) is 40.7 Å². The molecule has 0 bridgehead atoms. The molecule has 1 saturated heterocycles. The van der Waals surface area contributed by atoms with Crippen LogP contribution < -0.4 is 10.7 Å². The van der Waals surface area contributed by atoms with E-state index in [9.17, 15) is 4.79 Å². The van der Waals surface area contributed by atoms with E-state index in [-0.39, 0.29) is 11.9 Å². The van der Waals surface area contributed by atoms with Gasteiger partial charge in [0.2, 0.25) is 5.13 Å². The van der Waals surface area contributed by atoms with Crippen molar-refractivity contribution in [3.63, 3.8) is 0 Å². The summed E-state index contributed by atoms with van der Waals surface area (Å²) in [5, 5.41) is 12.9. The van der Waals surface area contributed by atoms with Crippen molar-refractivity contribution in [3.05, 3.63) is 5.51 Å². The van der Waals surface area contributed by atoms with Gasteiger partial charge in [0.25, 0.3) is 5.91 Å². The average molecular weight is 199 g/mol. The van der Waals surface area contributed by atoms with E-state index >= 15 is 0 Å². The van der Waals surface area contributed by atoms with Gasteiger partial charge in [-0.25, -0.2) is 5.01 Å². The Kier molecular flexibility index (Phi) is 2.11. The van der Waals surface area contributed by atoms with E-state index in [1.54, 1.807) is 10.5 Å². The Morgan fingerprint density at radius 2 is 2.69 bits per heavy atom. The van der Waals surface area contributed by atoms with Gasteiger partial charge in [-0.05, 0) is 0 Å². The Balaban J connectivity index is 1.99. The predicted molar refractivity (Wildman–Crippen MR) is 48.1 cm³/mol. The zero-order chi connectivity index (χ0) is 9.26. The number of hydrazine groups is 1. The molecule has 13 heavy (non-hydrogen) atoms. The van der Waals surface area contributed by atoms with Crippen LogP contribution in [0, 0.1) is 0 Å². The van der Waals surface area contributed by atoms with Crippen molar-refractivity contribution in [2.24, 2.45) is 0 Å². The first-order valence-electron chi connectivity index (χ1n) is 3.80. The summed E-state index contributed by atoms with van der Waals surface area (Å²) in [7, 11) is 1.82. The summed E-state index contributed by atoms with van der Waals surface area (Å²) in [6.45, 7) is 0.637. The summed E-state index contributed by atoms with van der Waals surface area (Å²) in [6, 6.07) is -0.224. The summed E-state index contributed by atoms with van der Waals surface area (Å²) in [5.41, 5.74) is 4.29. The second-order valence-electron chi connectivity index (χ2n) is 2.80. The molecule has 1 unspecified atom stereocenters. The van der Waals surface area contributed by atoms with Gasteiger partial charge in [0.1, 0.15) is 11.6 Å². The number of anilines is 1. The third kappa shape index (κ3) is 1.76. The van der Waals surface area contributed by atoms with Crippen LogP contribution in [0.15, 0.2) is 5.51 Å². The number of nitrogens with one attached hydrogen (secondary N) is 2. The van der Waals surface area contributed by atoms with E-state index in [1.165, 1.54) is 11.3 Å². The maximum Gasteiger partial charge on any atom is 0.258 e. The van der Waals surface area contributed by atoms with Crippen LogP contribution in [0.2, 0.25) is 0 Å². The molecule has 1 aliphatic rings. The molecule has 6 nitrogen and oxygen atoms in total. The normalized spacial score (nSPS) is 23.2. The maximum atomic E-state index is 11.3. The first-order chi connectivity index (χ1) is 6.25. The van der Waals surface area contributed by atoms with Crippen molar-refractivity contribution in [1.82, 2.24) is 20.6 Å². The quantitative estimate of drug-likeness (QED) is 0.659. The van der Waals surface area contributed by atoms with Gasteiger partial charge in [0.15, 0.2) is 0 Å². The molecule has 1 amide bonds. The minimum atomic E-state index is -0.224. The van der Waals surface area contributed by atoms with E-state index < -0.39 is 0 Å². The predicted octanol–water partition coefficient (Wildman–Crippen LogP) is -0.705. The number of carbonyl (C=O) groups is 1. The topological polar surface area (TPSA) is 70.1 Å². The molecule has 1 aliphatic heterocycles. The van der Waals surface area contributed by atoms with E-state index in [1.807, 2.05) is 7.05 Å². The molecule has 0 spiro atoms. The molecule has 0 saturated carbocycles. The first kappa shape index (κ1) is 8.39. The SMILES string of the molecule is CN1CC(Nc2nncs2)C(=O)N1. The van der Waals surface area contributed by atoms with E-state index in [2.05, 4.69) is 20.9 Å². The molecule has 0 aliphatic carbocycles. The number of aromatic nitrogens is 2. The molecule has 0 aromatic carbocycles. The largest absolute Gasteiger partial charge is 0.347 e. The third-order valence-electron chi connectivity index (χ3n) is 1.73. The molecule has 7 heteroatoms. The summed E-state index contributed by atoms with van der Waals surface area (Å²) in [6.07, 6.45) is 0.